The van der Waals surface area contributed by atoms with E-state index in [1.54, 1.807) is 20.8 Å². The number of rotatable bonds is 4. The van der Waals surface area contributed by atoms with E-state index < -0.39 is 11.3 Å². The van der Waals surface area contributed by atoms with Crippen molar-refractivity contribution in [2.75, 3.05) is 6.61 Å². The van der Waals surface area contributed by atoms with Crippen LogP contribution in [0.4, 0.5) is 0 Å². The lowest BCUT2D eigenvalue weighted by Crippen LogP contribution is -2.51. The van der Waals surface area contributed by atoms with Crippen LogP contribution in [0, 0.1) is 12.3 Å². The molecule has 0 saturated carbocycles. The number of carbonyl (C=O) groups excluding carboxylic acids is 2. The lowest BCUT2D eigenvalue weighted by Gasteiger charge is -2.19. The average Bonchev–Trinajstić information content (AvgIpc) is 2.49. The summed E-state index contributed by atoms with van der Waals surface area (Å²) in [4.78, 5) is 23.7. The maximum Gasteiger partial charge on any atom is 0.276 e. The second kappa shape index (κ2) is 8.80. The molecule has 0 fully saturated rings. The van der Waals surface area contributed by atoms with Gasteiger partial charge in [-0.3, -0.25) is 20.4 Å². The number of hydrazine groups is 1. The van der Waals surface area contributed by atoms with Gasteiger partial charge in [-0.2, -0.15) is 0 Å². The van der Waals surface area contributed by atoms with Gasteiger partial charge in [0, 0.05) is 5.41 Å². The molecule has 7 heteroatoms. The number of ether oxygens (including phenoxy) is 1. The van der Waals surface area contributed by atoms with Crippen LogP contribution >= 0.6 is 12.2 Å². The van der Waals surface area contributed by atoms with Crippen molar-refractivity contribution in [2.24, 2.45) is 5.41 Å². The predicted molar refractivity (Wildman–Crippen MR) is 102 cm³/mol. The Morgan fingerprint density at radius 1 is 1.20 bits per heavy atom. The fourth-order valence-corrected chi connectivity index (χ4v) is 2.02. The summed E-state index contributed by atoms with van der Waals surface area (Å²) in [5, 5.41) is 2.54. The maximum atomic E-state index is 11.9. The smallest absolute Gasteiger partial charge is 0.276 e. The Kier molecular flexibility index (Phi) is 7.36. The van der Waals surface area contributed by atoms with E-state index in [9.17, 15) is 9.59 Å². The summed E-state index contributed by atoms with van der Waals surface area (Å²) >= 11 is 4.97. The molecule has 0 spiro atoms. The van der Waals surface area contributed by atoms with Crippen molar-refractivity contribution in [2.45, 2.75) is 47.5 Å². The molecule has 0 unspecified atom stereocenters. The monoisotopic (exact) mass is 365 g/mol. The molecule has 0 aliphatic rings. The van der Waals surface area contributed by atoms with E-state index in [2.05, 4.69) is 30.0 Å². The predicted octanol–water partition coefficient (Wildman–Crippen LogP) is 2.57. The summed E-state index contributed by atoms with van der Waals surface area (Å²) in [6, 6.07) is 5.92. The summed E-state index contributed by atoms with van der Waals surface area (Å²) < 4.78 is 5.63. The summed E-state index contributed by atoms with van der Waals surface area (Å²) in [6.45, 7) is 11.2. The first-order valence-electron chi connectivity index (χ1n) is 8.14. The van der Waals surface area contributed by atoms with Gasteiger partial charge in [0.1, 0.15) is 5.75 Å². The van der Waals surface area contributed by atoms with Gasteiger partial charge in [0.05, 0.1) is 0 Å². The quantitative estimate of drug-likeness (QED) is 0.564. The zero-order valence-electron chi connectivity index (χ0n) is 15.6. The third kappa shape index (κ3) is 7.09. The molecule has 0 atom stereocenters. The van der Waals surface area contributed by atoms with Crippen LogP contribution in [-0.4, -0.2) is 23.5 Å². The van der Waals surface area contributed by atoms with Crippen molar-refractivity contribution >= 4 is 29.1 Å². The Morgan fingerprint density at radius 3 is 2.40 bits per heavy atom. The molecule has 0 saturated heterocycles. The van der Waals surface area contributed by atoms with Gasteiger partial charge in [0.25, 0.3) is 5.91 Å². The number of carbonyl (C=O) groups is 2. The van der Waals surface area contributed by atoms with Gasteiger partial charge >= 0.3 is 0 Å². The Balaban J connectivity index is 2.50. The fourth-order valence-electron chi connectivity index (χ4n) is 1.87. The zero-order valence-corrected chi connectivity index (χ0v) is 16.5. The van der Waals surface area contributed by atoms with E-state index in [0.717, 1.165) is 11.1 Å². The SMILES string of the molecule is Cc1ccc(C(C)C)c(OCC(=O)NNC(=S)NC(=O)C(C)(C)C)c1. The van der Waals surface area contributed by atoms with E-state index >= 15 is 0 Å². The number of hydrogen-bond donors (Lipinski definition) is 3. The zero-order chi connectivity index (χ0) is 19.2. The van der Waals surface area contributed by atoms with Gasteiger partial charge < -0.3 is 10.1 Å². The van der Waals surface area contributed by atoms with Crippen LogP contribution in [0.15, 0.2) is 18.2 Å². The lowest BCUT2D eigenvalue weighted by atomic mass is 9.96. The molecule has 0 heterocycles. The third-order valence-corrected chi connectivity index (χ3v) is 3.58. The van der Waals surface area contributed by atoms with Crippen molar-refractivity contribution in [3.8, 4) is 5.75 Å². The van der Waals surface area contributed by atoms with Gasteiger partial charge in [0.2, 0.25) is 5.91 Å². The first-order valence-corrected chi connectivity index (χ1v) is 8.55. The summed E-state index contributed by atoms with van der Waals surface area (Å²) in [5.41, 5.74) is 6.42. The highest BCUT2D eigenvalue weighted by Gasteiger charge is 2.22. The summed E-state index contributed by atoms with van der Waals surface area (Å²) in [6.07, 6.45) is 0. The minimum absolute atomic E-state index is 0.0340. The molecular formula is C18H27N3O3S. The molecule has 0 aromatic heterocycles. The topological polar surface area (TPSA) is 79.5 Å². The molecule has 0 radical (unpaired) electrons. The highest BCUT2D eigenvalue weighted by atomic mass is 32.1. The highest BCUT2D eigenvalue weighted by Crippen LogP contribution is 2.27. The molecule has 138 valence electrons. The molecule has 1 rings (SSSR count). The minimum atomic E-state index is -0.572. The number of nitrogens with one attached hydrogen (secondary N) is 3. The number of aryl methyl sites for hydroxylation is 1. The second-order valence-electron chi connectivity index (χ2n) is 7.19. The van der Waals surface area contributed by atoms with Crippen molar-refractivity contribution < 1.29 is 14.3 Å². The van der Waals surface area contributed by atoms with Gasteiger partial charge in [-0.25, -0.2) is 0 Å². The molecule has 1 aromatic rings. The number of thiocarbonyl (C=S) groups is 1. The Bertz CT molecular complexity index is 651. The van der Waals surface area contributed by atoms with Crippen molar-refractivity contribution in [1.29, 1.82) is 0 Å². The van der Waals surface area contributed by atoms with Crippen LogP contribution in [0.3, 0.4) is 0 Å². The van der Waals surface area contributed by atoms with Crippen LogP contribution in [0.25, 0.3) is 0 Å². The van der Waals surface area contributed by atoms with Gasteiger partial charge in [0.15, 0.2) is 11.7 Å². The van der Waals surface area contributed by atoms with Crippen LogP contribution in [0.5, 0.6) is 5.75 Å². The lowest BCUT2D eigenvalue weighted by molar-refractivity contribution is -0.127. The van der Waals surface area contributed by atoms with Gasteiger partial charge in [-0.1, -0.05) is 46.8 Å². The molecule has 2 amide bonds. The molecule has 6 nitrogen and oxygen atoms in total. The third-order valence-electron chi connectivity index (χ3n) is 3.37. The highest BCUT2D eigenvalue weighted by molar-refractivity contribution is 7.80. The second-order valence-corrected chi connectivity index (χ2v) is 7.60. The maximum absolute atomic E-state index is 11.9. The first kappa shape index (κ1) is 20.9. The Labute approximate surface area is 154 Å². The van der Waals surface area contributed by atoms with Crippen LogP contribution in [0.1, 0.15) is 51.7 Å². The van der Waals surface area contributed by atoms with Gasteiger partial charge in [-0.15, -0.1) is 0 Å². The van der Waals surface area contributed by atoms with Crippen molar-refractivity contribution in [1.82, 2.24) is 16.2 Å². The average molecular weight is 365 g/mol. The van der Waals surface area contributed by atoms with Gasteiger partial charge in [-0.05, 0) is 42.3 Å². The van der Waals surface area contributed by atoms with Crippen molar-refractivity contribution in [3.05, 3.63) is 29.3 Å². The molecular weight excluding hydrogens is 338 g/mol. The molecule has 25 heavy (non-hydrogen) atoms. The minimum Gasteiger partial charge on any atom is -0.483 e. The molecule has 3 N–H and O–H groups in total. The van der Waals surface area contributed by atoms with E-state index in [1.165, 1.54) is 0 Å². The van der Waals surface area contributed by atoms with Crippen LogP contribution < -0.4 is 20.9 Å². The van der Waals surface area contributed by atoms with Crippen LogP contribution in [-0.2, 0) is 9.59 Å². The van der Waals surface area contributed by atoms with E-state index in [-0.39, 0.29) is 23.5 Å². The molecule has 0 aliphatic carbocycles. The number of amides is 2. The van der Waals surface area contributed by atoms with E-state index in [4.69, 9.17) is 17.0 Å². The largest absolute Gasteiger partial charge is 0.483 e. The van der Waals surface area contributed by atoms with E-state index in [0.29, 0.717) is 5.75 Å². The number of hydrogen-bond acceptors (Lipinski definition) is 4. The summed E-state index contributed by atoms with van der Waals surface area (Å²) in [7, 11) is 0. The fraction of sp³-hybridized carbons (Fsp3) is 0.500. The van der Waals surface area contributed by atoms with E-state index in [1.807, 2.05) is 25.1 Å². The molecule has 0 bridgehead atoms. The Hall–Kier alpha value is -2.15. The standard InChI is InChI=1S/C18H27N3O3S/c1-11(2)13-8-7-12(3)9-14(13)24-10-15(22)20-21-17(25)19-16(23)18(4,5)6/h7-9,11H,10H2,1-6H3,(H,20,22)(H2,19,21,23,25). The normalized spacial score (nSPS) is 11.0. The van der Waals surface area contributed by atoms with Crippen LogP contribution in [0.2, 0.25) is 0 Å². The molecule has 1 aromatic carbocycles. The first-order chi connectivity index (χ1) is 11.5. The number of benzene rings is 1. The van der Waals surface area contributed by atoms with Crippen molar-refractivity contribution in [3.63, 3.8) is 0 Å². The summed E-state index contributed by atoms with van der Waals surface area (Å²) in [5.74, 6) is 0.339. The molecule has 0 aliphatic heterocycles. The Morgan fingerprint density at radius 2 is 1.84 bits per heavy atom.